The summed E-state index contributed by atoms with van der Waals surface area (Å²) in [5.74, 6) is -2.03. The molecule has 1 saturated heterocycles. The molecule has 1 rings (SSSR count). The second-order valence-corrected chi connectivity index (χ2v) is 2.71. The third kappa shape index (κ3) is 5.74. The number of esters is 1. The first-order valence-corrected chi connectivity index (χ1v) is 4.10. The molecule has 0 saturated carbocycles. The number of carboxylic acid groups (broad SMARTS) is 1. The van der Waals surface area contributed by atoms with E-state index >= 15 is 0 Å². The number of carboxylic acids is 1. The van der Waals surface area contributed by atoms with Crippen molar-refractivity contribution in [2.24, 2.45) is 0 Å². The van der Waals surface area contributed by atoms with E-state index in [1.807, 2.05) is 0 Å². The molecule has 0 aromatic rings. The summed E-state index contributed by atoms with van der Waals surface area (Å²) in [4.78, 5) is 31.4. The van der Waals surface area contributed by atoms with Gasteiger partial charge in [0.15, 0.2) is 6.10 Å². The van der Waals surface area contributed by atoms with Crippen LogP contribution in [0.3, 0.4) is 0 Å². The van der Waals surface area contributed by atoms with Crippen LogP contribution in [0.4, 0.5) is 4.79 Å². The monoisotopic (exact) mass is 238 g/mol. The Balaban J connectivity index is 0.00000225. The molecule has 0 bridgehead atoms. The summed E-state index contributed by atoms with van der Waals surface area (Å²) in [5.41, 5.74) is 0. The molecule has 1 aliphatic heterocycles. The summed E-state index contributed by atoms with van der Waals surface area (Å²) in [6.45, 7) is 0.177. The molecule has 0 aliphatic carbocycles. The molecule has 2 N–H and O–H groups in total. The van der Waals surface area contributed by atoms with Crippen LogP contribution in [-0.4, -0.2) is 42.4 Å². The van der Waals surface area contributed by atoms with Crippen LogP contribution >= 0.6 is 0 Å². The SMILES string of the molecule is O=C(O)/C=C\C(=O)OC[C@H]1CNC(=O)O1.[Na+]. The van der Waals surface area contributed by atoms with E-state index in [-0.39, 0.29) is 42.7 Å². The maximum Gasteiger partial charge on any atom is 1.00 e. The van der Waals surface area contributed by atoms with Gasteiger partial charge in [-0.05, 0) is 0 Å². The van der Waals surface area contributed by atoms with Gasteiger partial charge in [-0.25, -0.2) is 14.4 Å². The number of cyclic esters (lactones) is 1. The second kappa shape index (κ2) is 7.26. The van der Waals surface area contributed by atoms with E-state index in [0.717, 1.165) is 6.08 Å². The quantitative estimate of drug-likeness (QED) is 0.297. The summed E-state index contributed by atoms with van der Waals surface area (Å²) < 4.78 is 9.29. The number of carbonyl (C=O) groups is 3. The first-order chi connectivity index (χ1) is 7.08. The Kier molecular flexibility index (Phi) is 6.78. The maximum absolute atomic E-state index is 10.9. The van der Waals surface area contributed by atoms with Crippen molar-refractivity contribution >= 4 is 18.0 Å². The zero-order chi connectivity index (χ0) is 11.3. The molecule has 1 atom stereocenters. The third-order valence-corrected chi connectivity index (χ3v) is 1.52. The van der Waals surface area contributed by atoms with E-state index in [4.69, 9.17) is 5.11 Å². The molecule has 0 aromatic heterocycles. The van der Waals surface area contributed by atoms with E-state index in [1.165, 1.54) is 0 Å². The summed E-state index contributed by atoms with van der Waals surface area (Å²) in [5, 5.41) is 10.6. The first-order valence-electron chi connectivity index (χ1n) is 4.10. The van der Waals surface area contributed by atoms with Crippen LogP contribution in [0.15, 0.2) is 12.2 Å². The molecule has 0 spiro atoms. The molecule has 1 fully saturated rings. The number of aliphatic carboxylic acids is 1. The van der Waals surface area contributed by atoms with Crippen LogP contribution in [0.5, 0.6) is 0 Å². The molecule has 0 unspecified atom stereocenters. The number of rotatable bonds is 4. The molecule has 1 aliphatic rings. The van der Waals surface area contributed by atoms with Crippen molar-refractivity contribution in [1.29, 1.82) is 0 Å². The van der Waals surface area contributed by atoms with E-state index in [9.17, 15) is 14.4 Å². The van der Waals surface area contributed by atoms with Gasteiger partial charge in [0.25, 0.3) is 0 Å². The second-order valence-electron chi connectivity index (χ2n) is 2.71. The number of carbonyl (C=O) groups excluding carboxylic acids is 2. The molecular formula is C8H9NNaO6+. The van der Waals surface area contributed by atoms with Crippen molar-refractivity contribution in [3.63, 3.8) is 0 Å². The van der Waals surface area contributed by atoms with Gasteiger partial charge in [-0.15, -0.1) is 0 Å². The van der Waals surface area contributed by atoms with Crippen LogP contribution in [-0.2, 0) is 19.1 Å². The fourth-order valence-electron chi connectivity index (χ4n) is 0.887. The van der Waals surface area contributed by atoms with Gasteiger partial charge in [-0.1, -0.05) is 0 Å². The largest absolute Gasteiger partial charge is 1.00 e. The first kappa shape index (κ1) is 14.9. The van der Waals surface area contributed by atoms with Gasteiger partial charge < -0.3 is 19.9 Å². The fraction of sp³-hybridized carbons (Fsp3) is 0.375. The van der Waals surface area contributed by atoms with E-state index in [1.54, 1.807) is 0 Å². The van der Waals surface area contributed by atoms with E-state index in [2.05, 4.69) is 14.8 Å². The van der Waals surface area contributed by atoms with Crippen LogP contribution in [0, 0.1) is 0 Å². The van der Waals surface area contributed by atoms with Crippen molar-refractivity contribution in [1.82, 2.24) is 5.32 Å². The number of hydrogen-bond donors (Lipinski definition) is 2. The zero-order valence-corrected chi connectivity index (χ0v) is 10.6. The maximum atomic E-state index is 10.9. The summed E-state index contributed by atoms with van der Waals surface area (Å²) in [7, 11) is 0. The van der Waals surface area contributed by atoms with Gasteiger partial charge in [0.1, 0.15) is 6.61 Å². The molecule has 0 aromatic carbocycles. The molecule has 82 valence electrons. The predicted octanol–water partition coefficient (Wildman–Crippen LogP) is -3.72. The topological polar surface area (TPSA) is 102 Å². The van der Waals surface area contributed by atoms with Crippen molar-refractivity contribution < 1.29 is 58.5 Å². The fourth-order valence-corrected chi connectivity index (χ4v) is 0.887. The normalized spacial score (nSPS) is 18.5. The van der Waals surface area contributed by atoms with Gasteiger partial charge >= 0.3 is 47.6 Å². The van der Waals surface area contributed by atoms with E-state index < -0.39 is 24.1 Å². The molecule has 7 nitrogen and oxygen atoms in total. The van der Waals surface area contributed by atoms with Crippen molar-refractivity contribution in [2.45, 2.75) is 6.10 Å². The number of hydrogen-bond acceptors (Lipinski definition) is 5. The van der Waals surface area contributed by atoms with Gasteiger partial charge in [-0.2, -0.15) is 0 Å². The molecule has 1 amide bonds. The number of alkyl carbamates (subject to hydrolysis) is 1. The molecule has 1 heterocycles. The third-order valence-electron chi connectivity index (χ3n) is 1.52. The van der Waals surface area contributed by atoms with Gasteiger partial charge in [0.05, 0.1) is 6.54 Å². The Morgan fingerprint density at radius 1 is 1.56 bits per heavy atom. The van der Waals surface area contributed by atoms with Crippen molar-refractivity contribution in [2.75, 3.05) is 13.2 Å². The minimum absolute atomic E-state index is 0. The van der Waals surface area contributed by atoms with Crippen LogP contribution in [0.25, 0.3) is 0 Å². The van der Waals surface area contributed by atoms with Crippen molar-refractivity contribution in [3.8, 4) is 0 Å². The number of ether oxygens (including phenoxy) is 2. The Hall–Kier alpha value is -1.05. The van der Waals surface area contributed by atoms with E-state index in [0.29, 0.717) is 6.08 Å². The van der Waals surface area contributed by atoms with Crippen molar-refractivity contribution in [3.05, 3.63) is 12.2 Å². The van der Waals surface area contributed by atoms with Gasteiger partial charge in [-0.3, -0.25) is 0 Å². The summed E-state index contributed by atoms with van der Waals surface area (Å²) in [6.07, 6.45) is 0.380. The zero-order valence-electron chi connectivity index (χ0n) is 8.63. The molecule has 16 heavy (non-hydrogen) atoms. The van der Waals surface area contributed by atoms with Crippen LogP contribution in [0.2, 0.25) is 0 Å². The average molecular weight is 238 g/mol. The van der Waals surface area contributed by atoms with Crippen LogP contribution in [0.1, 0.15) is 0 Å². The van der Waals surface area contributed by atoms with Gasteiger partial charge in [0, 0.05) is 12.2 Å². The minimum Gasteiger partial charge on any atom is -0.478 e. The Bertz CT molecular complexity index is 316. The Morgan fingerprint density at radius 2 is 2.25 bits per heavy atom. The summed E-state index contributed by atoms with van der Waals surface area (Å²) >= 11 is 0. The Labute approximate surface area is 113 Å². The van der Waals surface area contributed by atoms with Gasteiger partial charge in [0.2, 0.25) is 0 Å². The predicted molar refractivity (Wildman–Crippen MR) is 46.0 cm³/mol. The number of amides is 1. The van der Waals surface area contributed by atoms with Crippen LogP contribution < -0.4 is 34.9 Å². The number of nitrogens with one attached hydrogen (secondary N) is 1. The molecule has 8 heteroatoms. The molecule has 0 radical (unpaired) electrons. The summed E-state index contributed by atoms with van der Waals surface area (Å²) in [6, 6.07) is 0. The Morgan fingerprint density at radius 3 is 2.75 bits per heavy atom. The average Bonchev–Trinajstić information content (AvgIpc) is 2.58. The minimum atomic E-state index is -1.24. The standard InChI is InChI=1S/C8H9NO6.Na/c10-6(11)1-2-7(12)14-4-5-3-9-8(13)15-5;/h1-2,5H,3-4H2,(H,9,13)(H,10,11);/q;+1/b2-1-;/t5-;/m1./s1. The molecular weight excluding hydrogens is 229 g/mol. The smallest absolute Gasteiger partial charge is 0.478 e.